The zero-order chi connectivity index (χ0) is 15.3. The van der Waals surface area contributed by atoms with Gasteiger partial charge in [-0.05, 0) is 20.8 Å². The van der Waals surface area contributed by atoms with Crippen LogP contribution in [0, 0.1) is 13.8 Å². The van der Waals surface area contributed by atoms with E-state index < -0.39 is 18.1 Å². The topological polar surface area (TPSA) is 112 Å². The number of hydrogen-bond acceptors (Lipinski definition) is 5. The molecule has 112 valence electrons. The van der Waals surface area contributed by atoms with Gasteiger partial charge in [-0.15, -0.1) is 11.3 Å². The summed E-state index contributed by atoms with van der Waals surface area (Å²) in [5.41, 5.74) is 0.890. The summed E-state index contributed by atoms with van der Waals surface area (Å²) in [4.78, 5) is 27.3. The molecule has 0 spiro atoms. The Kier molecular flexibility index (Phi) is 5.90. The zero-order valence-corrected chi connectivity index (χ0v) is 12.5. The fourth-order valence-electron chi connectivity index (χ4n) is 1.71. The lowest BCUT2D eigenvalue weighted by molar-refractivity contribution is -0.146. The molecule has 4 N–H and O–H groups in total. The number of rotatable bonds is 6. The van der Waals surface area contributed by atoms with Gasteiger partial charge in [0.05, 0.1) is 16.7 Å². The first-order chi connectivity index (χ1) is 9.31. The second-order valence-corrected chi connectivity index (χ2v) is 5.68. The first-order valence-electron chi connectivity index (χ1n) is 6.20. The molecular formula is C12H19N3O4S. The lowest BCUT2D eigenvalue weighted by atomic mass is 10.2. The molecule has 1 aromatic rings. The normalized spacial score (nSPS) is 13.6. The van der Waals surface area contributed by atoms with Crippen LogP contribution in [0.1, 0.15) is 35.0 Å². The first kappa shape index (κ1) is 16.4. The van der Waals surface area contributed by atoms with Crippen molar-refractivity contribution in [3.05, 3.63) is 15.6 Å². The van der Waals surface area contributed by atoms with Gasteiger partial charge < -0.3 is 20.8 Å². The van der Waals surface area contributed by atoms with Crippen LogP contribution in [0.25, 0.3) is 0 Å². The molecule has 0 aromatic carbocycles. The summed E-state index contributed by atoms with van der Waals surface area (Å²) in [7, 11) is 0. The minimum atomic E-state index is -1.46. The highest BCUT2D eigenvalue weighted by Gasteiger charge is 2.16. The number of carbonyl (C=O) groups is 2. The number of carbonyl (C=O) groups excluding carboxylic acids is 1. The molecule has 2 atom stereocenters. The number of thiazole rings is 1. The van der Waals surface area contributed by atoms with Crippen molar-refractivity contribution >= 4 is 23.3 Å². The maximum atomic E-state index is 11.6. The Morgan fingerprint density at radius 3 is 2.55 bits per heavy atom. The SMILES string of the molecule is Cc1nc(C)c(C(C)NC(=O)NCCC(O)C(=O)O)s1. The molecule has 0 saturated heterocycles. The van der Waals surface area contributed by atoms with Crippen LogP contribution >= 0.6 is 11.3 Å². The number of nitrogens with one attached hydrogen (secondary N) is 2. The van der Waals surface area contributed by atoms with Crippen molar-refractivity contribution < 1.29 is 19.8 Å². The molecule has 0 bridgehead atoms. The van der Waals surface area contributed by atoms with Crippen molar-refractivity contribution in [3.63, 3.8) is 0 Å². The van der Waals surface area contributed by atoms with Gasteiger partial charge in [0.25, 0.3) is 0 Å². The average Bonchev–Trinajstić information content (AvgIpc) is 2.68. The summed E-state index contributed by atoms with van der Waals surface area (Å²) in [6.07, 6.45) is -1.49. The number of amides is 2. The Morgan fingerprint density at radius 1 is 1.40 bits per heavy atom. The van der Waals surface area contributed by atoms with Crippen LogP contribution in [0.4, 0.5) is 4.79 Å². The fourth-order valence-corrected chi connectivity index (χ4v) is 2.64. The average molecular weight is 301 g/mol. The van der Waals surface area contributed by atoms with E-state index in [4.69, 9.17) is 10.2 Å². The van der Waals surface area contributed by atoms with E-state index in [0.717, 1.165) is 15.6 Å². The molecule has 0 saturated carbocycles. The largest absolute Gasteiger partial charge is 0.479 e. The molecule has 1 rings (SSSR count). The number of aryl methyl sites for hydroxylation is 2. The number of aliphatic carboxylic acids is 1. The van der Waals surface area contributed by atoms with Gasteiger partial charge in [-0.25, -0.2) is 14.6 Å². The number of hydrogen-bond donors (Lipinski definition) is 4. The van der Waals surface area contributed by atoms with Crippen LogP contribution in [0.3, 0.4) is 0 Å². The third-order valence-corrected chi connectivity index (χ3v) is 3.92. The van der Waals surface area contributed by atoms with E-state index in [1.54, 1.807) is 0 Å². The van der Waals surface area contributed by atoms with Crippen LogP contribution in [0.5, 0.6) is 0 Å². The van der Waals surface area contributed by atoms with Crippen LogP contribution < -0.4 is 10.6 Å². The van der Waals surface area contributed by atoms with E-state index in [1.165, 1.54) is 11.3 Å². The Bertz CT molecular complexity index is 489. The highest BCUT2D eigenvalue weighted by molar-refractivity contribution is 7.11. The summed E-state index contributed by atoms with van der Waals surface area (Å²) < 4.78 is 0. The van der Waals surface area contributed by atoms with Crippen LogP contribution in [0.2, 0.25) is 0 Å². The molecule has 1 aromatic heterocycles. The number of aliphatic hydroxyl groups is 1. The number of aliphatic hydroxyl groups excluding tert-OH is 1. The number of aromatic nitrogens is 1. The standard InChI is InChI=1S/C12H19N3O4S/c1-6-10(20-8(3)14-6)7(2)15-12(19)13-5-4-9(16)11(17)18/h7,9,16H,4-5H2,1-3H3,(H,17,18)(H2,13,15,19). The van der Waals surface area contributed by atoms with E-state index in [-0.39, 0.29) is 19.0 Å². The van der Waals surface area contributed by atoms with Gasteiger partial charge in [0.2, 0.25) is 0 Å². The molecular weight excluding hydrogens is 282 g/mol. The first-order valence-corrected chi connectivity index (χ1v) is 7.02. The number of carboxylic acids is 1. The van der Waals surface area contributed by atoms with Crippen molar-refractivity contribution in [2.75, 3.05) is 6.54 Å². The predicted molar refractivity (Wildman–Crippen MR) is 74.8 cm³/mol. The molecule has 2 unspecified atom stereocenters. The lowest BCUT2D eigenvalue weighted by Gasteiger charge is -2.14. The molecule has 0 aliphatic rings. The molecule has 0 fully saturated rings. The van der Waals surface area contributed by atoms with Crippen LogP contribution in [-0.2, 0) is 4.79 Å². The summed E-state index contributed by atoms with van der Waals surface area (Å²) in [5.74, 6) is -1.30. The van der Waals surface area contributed by atoms with Gasteiger partial charge in [-0.2, -0.15) is 0 Å². The predicted octanol–water partition coefficient (Wildman–Crippen LogP) is 0.956. The lowest BCUT2D eigenvalue weighted by Crippen LogP contribution is -2.38. The molecule has 0 aliphatic heterocycles. The second-order valence-electron chi connectivity index (χ2n) is 4.45. The summed E-state index contributed by atoms with van der Waals surface area (Å²) >= 11 is 1.53. The molecule has 8 heteroatoms. The van der Waals surface area contributed by atoms with Crippen LogP contribution in [0.15, 0.2) is 0 Å². The Balaban J connectivity index is 2.39. The van der Waals surface area contributed by atoms with Gasteiger partial charge in [0.1, 0.15) is 0 Å². The fraction of sp³-hybridized carbons (Fsp3) is 0.583. The molecule has 0 aliphatic carbocycles. The highest BCUT2D eigenvalue weighted by atomic mass is 32.1. The van der Waals surface area contributed by atoms with Gasteiger partial charge in [0.15, 0.2) is 6.10 Å². The Labute approximate surface area is 121 Å². The quantitative estimate of drug-likeness (QED) is 0.625. The van der Waals surface area contributed by atoms with Crippen molar-refractivity contribution in [3.8, 4) is 0 Å². The Hall–Kier alpha value is -1.67. The second kappa shape index (κ2) is 7.20. The maximum Gasteiger partial charge on any atom is 0.332 e. The molecule has 0 radical (unpaired) electrons. The molecule has 7 nitrogen and oxygen atoms in total. The summed E-state index contributed by atoms with van der Waals surface area (Å²) in [6, 6.07) is -0.578. The summed E-state index contributed by atoms with van der Waals surface area (Å²) in [6.45, 7) is 5.73. The molecule has 1 heterocycles. The molecule has 20 heavy (non-hydrogen) atoms. The van der Waals surface area contributed by atoms with Gasteiger partial charge in [-0.3, -0.25) is 0 Å². The van der Waals surface area contributed by atoms with E-state index >= 15 is 0 Å². The van der Waals surface area contributed by atoms with E-state index in [9.17, 15) is 9.59 Å². The van der Waals surface area contributed by atoms with Crippen molar-refractivity contribution in [2.24, 2.45) is 0 Å². The number of carboxylic acid groups (broad SMARTS) is 1. The highest BCUT2D eigenvalue weighted by Crippen LogP contribution is 2.24. The van der Waals surface area contributed by atoms with Crippen LogP contribution in [-0.4, -0.2) is 39.8 Å². The number of urea groups is 1. The van der Waals surface area contributed by atoms with Gasteiger partial charge in [0, 0.05) is 17.8 Å². The van der Waals surface area contributed by atoms with E-state index in [1.807, 2.05) is 20.8 Å². The van der Waals surface area contributed by atoms with Crippen molar-refractivity contribution in [2.45, 2.75) is 39.3 Å². The third-order valence-electron chi connectivity index (χ3n) is 2.67. The van der Waals surface area contributed by atoms with Gasteiger partial charge >= 0.3 is 12.0 Å². The maximum absolute atomic E-state index is 11.6. The number of nitrogens with zero attached hydrogens (tertiary/aromatic N) is 1. The summed E-state index contributed by atoms with van der Waals surface area (Å²) in [5, 5.41) is 23.7. The smallest absolute Gasteiger partial charge is 0.332 e. The Morgan fingerprint density at radius 2 is 2.05 bits per heavy atom. The molecule has 2 amide bonds. The minimum Gasteiger partial charge on any atom is -0.479 e. The zero-order valence-electron chi connectivity index (χ0n) is 11.6. The monoisotopic (exact) mass is 301 g/mol. The van der Waals surface area contributed by atoms with Crippen molar-refractivity contribution in [1.29, 1.82) is 0 Å². The van der Waals surface area contributed by atoms with E-state index in [0.29, 0.717) is 0 Å². The van der Waals surface area contributed by atoms with E-state index in [2.05, 4.69) is 15.6 Å². The minimum absolute atomic E-state index is 0.0319. The van der Waals surface area contributed by atoms with Gasteiger partial charge in [-0.1, -0.05) is 0 Å². The third kappa shape index (κ3) is 4.78. The van der Waals surface area contributed by atoms with Crippen molar-refractivity contribution in [1.82, 2.24) is 15.6 Å².